The summed E-state index contributed by atoms with van der Waals surface area (Å²) in [5.74, 6) is 1.45. The van der Waals surface area contributed by atoms with E-state index >= 15 is 0 Å². The van der Waals surface area contributed by atoms with Gasteiger partial charge in [0.15, 0.2) is 0 Å². The molecule has 3 heterocycles. The van der Waals surface area contributed by atoms with Gasteiger partial charge >= 0.3 is 0 Å². The number of piperazine rings is 1. The molecular formula is C26H32N4O2S. The van der Waals surface area contributed by atoms with Crippen molar-refractivity contribution in [3.8, 4) is 0 Å². The van der Waals surface area contributed by atoms with Gasteiger partial charge in [0.2, 0.25) is 0 Å². The second-order valence-electron chi connectivity index (χ2n) is 10.4. The molecule has 33 heavy (non-hydrogen) atoms. The van der Waals surface area contributed by atoms with Crippen LogP contribution in [-0.4, -0.2) is 51.9 Å². The van der Waals surface area contributed by atoms with Gasteiger partial charge in [0.05, 0.1) is 11.9 Å². The van der Waals surface area contributed by atoms with Gasteiger partial charge < -0.3 is 9.88 Å². The monoisotopic (exact) mass is 464 g/mol. The maximum Gasteiger partial charge on any atom is 0.259 e. The first-order chi connectivity index (χ1) is 15.8. The van der Waals surface area contributed by atoms with E-state index < -0.39 is 0 Å². The van der Waals surface area contributed by atoms with Gasteiger partial charge in [0.1, 0.15) is 10.7 Å². The SMILES string of the molecule is CC(C)(C)[C@H]1CCc2c(sc3nc(CN4CCN(C(=O)c5ccccc5)CC4)[nH]c(=O)c23)C1. The lowest BCUT2D eigenvalue weighted by atomic mass is 9.72. The van der Waals surface area contributed by atoms with Gasteiger partial charge in [-0.3, -0.25) is 14.5 Å². The van der Waals surface area contributed by atoms with Gasteiger partial charge in [0, 0.05) is 36.6 Å². The number of nitrogens with one attached hydrogen (secondary N) is 1. The van der Waals surface area contributed by atoms with Crippen LogP contribution < -0.4 is 5.56 Å². The topological polar surface area (TPSA) is 69.3 Å². The summed E-state index contributed by atoms with van der Waals surface area (Å²) in [6, 6.07) is 9.44. The third kappa shape index (κ3) is 4.49. The van der Waals surface area contributed by atoms with Gasteiger partial charge in [-0.15, -0.1) is 11.3 Å². The Balaban J connectivity index is 1.28. The molecule has 0 spiro atoms. The molecular weight excluding hydrogens is 432 g/mol. The quantitative estimate of drug-likeness (QED) is 0.634. The van der Waals surface area contributed by atoms with E-state index in [9.17, 15) is 9.59 Å². The molecule has 1 aliphatic heterocycles. The van der Waals surface area contributed by atoms with E-state index in [0.717, 1.165) is 54.0 Å². The first-order valence-electron chi connectivity index (χ1n) is 11.9. The average molecular weight is 465 g/mol. The second kappa shape index (κ2) is 8.69. The highest BCUT2D eigenvalue weighted by Crippen LogP contribution is 2.42. The minimum atomic E-state index is -0.000370. The maximum absolute atomic E-state index is 13.0. The Kier molecular flexibility index (Phi) is 5.87. The number of aryl methyl sites for hydroxylation is 1. The van der Waals surface area contributed by atoms with E-state index in [4.69, 9.17) is 4.98 Å². The summed E-state index contributed by atoms with van der Waals surface area (Å²) in [4.78, 5) is 40.0. The fraction of sp³-hybridized carbons (Fsp3) is 0.500. The Morgan fingerprint density at radius 1 is 1.15 bits per heavy atom. The highest BCUT2D eigenvalue weighted by molar-refractivity contribution is 7.18. The Morgan fingerprint density at radius 2 is 1.88 bits per heavy atom. The fourth-order valence-corrected chi connectivity index (χ4v) is 6.45. The van der Waals surface area contributed by atoms with Crippen molar-refractivity contribution in [2.24, 2.45) is 11.3 Å². The van der Waals surface area contributed by atoms with Crippen LogP contribution in [0.1, 0.15) is 53.8 Å². The molecule has 2 aromatic heterocycles. The summed E-state index contributed by atoms with van der Waals surface area (Å²) < 4.78 is 0. The number of aromatic amines is 1. The van der Waals surface area contributed by atoms with Crippen LogP contribution in [0.3, 0.4) is 0 Å². The van der Waals surface area contributed by atoms with Gasteiger partial charge in [0.25, 0.3) is 11.5 Å². The molecule has 6 nitrogen and oxygen atoms in total. The zero-order valence-corrected chi connectivity index (χ0v) is 20.5. The normalized spacial score (nSPS) is 19.6. The van der Waals surface area contributed by atoms with Crippen molar-refractivity contribution in [2.75, 3.05) is 26.2 Å². The first-order valence-corrected chi connectivity index (χ1v) is 12.7. The van der Waals surface area contributed by atoms with Crippen LogP contribution in [0.25, 0.3) is 10.2 Å². The molecule has 174 valence electrons. The van der Waals surface area contributed by atoms with Crippen molar-refractivity contribution in [3.63, 3.8) is 0 Å². The molecule has 1 aromatic carbocycles. The lowest BCUT2D eigenvalue weighted by Gasteiger charge is -2.34. The molecule has 1 saturated heterocycles. The molecule has 0 saturated carbocycles. The van der Waals surface area contributed by atoms with Crippen molar-refractivity contribution >= 4 is 27.5 Å². The van der Waals surface area contributed by atoms with Crippen molar-refractivity contribution in [1.29, 1.82) is 0 Å². The minimum absolute atomic E-state index is 0.000370. The molecule has 5 rings (SSSR count). The van der Waals surface area contributed by atoms with Gasteiger partial charge in [-0.25, -0.2) is 4.98 Å². The molecule has 1 aliphatic carbocycles. The fourth-order valence-electron chi connectivity index (χ4n) is 5.13. The Labute approximate surface area is 198 Å². The van der Waals surface area contributed by atoms with Crippen LogP contribution in [0, 0.1) is 11.3 Å². The van der Waals surface area contributed by atoms with Gasteiger partial charge in [-0.2, -0.15) is 0 Å². The van der Waals surface area contributed by atoms with Crippen LogP contribution in [0.15, 0.2) is 35.1 Å². The highest BCUT2D eigenvalue weighted by atomic mass is 32.1. The molecule has 1 atom stereocenters. The third-order valence-corrected chi connectivity index (χ3v) is 8.39. The number of benzene rings is 1. The summed E-state index contributed by atoms with van der Waals surface area (Å²) in [5, 5.41) is 0.810. The Hall–Kier alpha value is -2.51. The van der Waals surface area contributed by atoms with Crippen LogP contribution in [0.5, 0.6) is 0 Å². The van der Waals surface area contributed by atoms with E-state index in [1.54, 1.807) is 11.3 Å². The number of fused-ring (bicyclic) bond motifs is 3. The van der Waals surface area contributed by atoms with E-state index in [0.29, 0.717) is 25.6 Å². The van der Waals surface area contributed by atoms with Crippen LogP contribution in [0.2, 0.25) is 0 Å². The largest absolute Gasteiger partial charge is 0.336 e. The molecule has 0 unspecified atom stereocenters. The zero-order chi connectivity index (χ0) is 23.2. The van der Waals surface area contributed by atoms with E-state index in [2.05, 4.69) is 30.7 Å². The van der Waals surface area contributed by atoms with Crippen molar-refractivity contribution < 1.29 is 4.79 Å². The molecule has 7 heteroatoms. The van der Waals surface area contributed by atoms with E-state index in [1.807, 2.05) is 35.2 Å². The molecule has 3 aromatic rings. The van der Waals surface area contributed by atoms with E-state index in [1.165, 1.54) is 10.4 Å². The zero-order valence-electron chi connectivity index (χ0n) is 19.7. The highest BCUT2D eigenvalue weighted by Gasteiger charge is 2.32. The standard InChI is InChI=1S/C26H32N4O2S/c1-26(2,3)18-9-10-19-20(15-18)33-24-22(19)23(31)27-21(28-24)16-29-11-13-30(14-12-29)25(32)17-7-5-4-6-8-17/h4-8,18H,9-16H2,1-3H3,(H,27,28,31)/t18-/m0/s1. The van der Waals surface area contributed by atoms with Crippen LogP contribution in [-0.2, 0) is 19.4 Å². The minimum Gasteiger partial charge on any atom is -0.336 e. The molecule has 1 amide bonds. The predicted molar refractivity (Wildman–Crippen MR) is 133 cm³/mol. The van der Waals surface area contributed by atoms with Crippen LogP contribution in [0.4, 0.5) is 0 Å². The summed E-state index contributed by atoms with van der Waals surface area (Å²) in [6.45, 7) is 10.4. The number of carbonyl (C=O) groups is 1. The van der Waals surface area contributed by atoms with Gasteiger partial charge in [-0.1, -0.05) is 39.0 Å². The smallest absolute Gasteiger partial charge is 0.259 e. The number of rotatable bonds is 3. The lowest BCUT2D eigenvalue weighted by molar-refractivity contribution is 0.0625. The average Bonchev–Trinajstić information content (AvgIpc) is 3.17. The molecule has 0 bridgehead atoms. The molecule has 1 N–H and O–H groups in total. The van der Waals surface area contributed by atoms with Crippen molar-refractivity contribution in [1.82, 2.24) is 19.8 Å². The molecule has 0 radical (unpaired) electrons. The van der Waals surface area contributed by atoms with Crippen molar-refractivity contribution in [2.45, 2.75) is 46.6 Å². The lowest BCUT2D eigenvalue weighted by Crippen LogP contribution is -2.48. The van der Waals surface area contributed by atoms with Crippen molar-refractivity contribution in [3.05, 3.63) is 62.5 Å². The summed E-state index contributed by atoms with van der Waals surface area (Å²) in [7, 11) is 0. The third-order valence-electron chi connectivity index (χ3n) is 7.25. The van der Waals surface area contributed by atoms with Crippen LogP contribution >= 0.6 is 11.3 Å². The molecule has 1 fully saturated rings. The first kappa shape index (κ1) is 22.3. The number of H-pyrrole nitrogens is 1. The summed E-state index contributed by atoms with van der Waals surface area (Å²) in [6.07, 6.45) is 3.15. The summed E-state index contributed by atoms with van der Waals surface area (Å²) >= 11 is 1.71. The number of hydrogen-bond acceptors (Lipinski definition) is 5. The number of thiophene rings is 1. The Bertz CT molecular complexity index is 1220. The number of nitrogens with zero attached hydrogens (tertiary/aromatic N) is 3. The summed E-state index contributed by atoms with van der Waals surface area (Å²) in [5.41, 5.74) is 2.24. The Morgan fingerprint density at radius 3 is 2.58 bits per heavy atom. The number of carbonyl (C=O) groups excluding carboxylic acids is 1. The second-order valence-corrected chi connectivity index (χ2v) is 11.5. The predicted octanol–water partition coefficient (Wildman–Crippen LogP) is 4.09. The molecule has 2 aliphatic rings. The number of amides is 1. The number of hydrogen-bond donors (Lipinski definition) is 1. The number of aromatic nitrogens is 2. The van der Waals surface area contributed by atoms with Gasteiger partial charge in [-0.05, 0) is 48.3 Å². The maximum atomic E-state index is 13.0. The van der Waals surface area contributed by atoms with E-state index in [-0.39, 0.29) is 16.9 Å².